The van der Waals surface area contributed by atoms with Crippen LogP contribution in [0.25, 0.3) is 0 Å². The number of carbonyl (C=O) groups excluding carboxylic acids is 2. The molecule has 1 N–H and O–H groups in total. The summed E-state index contributed by atoms with van der Waals surface area (Å²) in [4.78, 5) is 25.7. The van der Waals surface area contributed by atoms with Gasteiger partial charge in [0, 0.05) is 24.4 Å². The Morgan fingerprint density at radius 2 is 2.25 bits per heavy atom. The van der Waals surface area contributed by atoms with Crippen molar-refractivity contribution >= 4 is 11.8 Å². The van der Waals surface area contributed by atoms with Gasteiger partial charge in [-0.15, -0.1) is 0 Å². The number of furan rings is 1. The Morgan fingerprint density at radius 3 is 2.80 bits per heavy atom. The summed E-state index contributed by atoms with van der Waals surface area (Å²) in [5.74, 6) is 0.955. The van der Waals surface area contributed by atoms with Crippen molar-refractivity contribution in [2.24, 2.45) is 5.92 Å². The van der Waals surface area contributed by atoms with Crippen LogP contribution in [0.15, 0.2) is 22.8 Å². The Balaban J connectivity index is 1.89. The molecule has 0 saturated heterocycles. The van der Waals surface area contributed by atoms with Crippen LogP contribution in [0.1, 0.15) is 38.9 Å². The molecule has 2 unspecified atom stereocenters. The summed E-state index contributed by atoms with van der Waals surface area (Å²) in [6.45, 7) is 6.39. The molecule has 5 heteroatoms. The Labute approximate surface area is 119 Å². The molecule has 2 atom stereocenters. The highest BCUT2D eigenvalue weighted by Crippen LogP contribution is 2.48. The molecule has 0 radical (unpaired) electrons. The Kier molecular flexibility index (Phi) is 4.47. The molecule has 110 valence electrons. The third-order valence-corrected chi connectivity index (χ3v) is 3.49. The zero-order chi connectivity index (χ0) is 14.7. The molecule has 5 nitrogen and oxygen atoms in total. The number of rotatable bonds is 6. The zero-order valence-corrected chi connectivity index (χ0v) is 12.3. The minimum Gasteiger partial charge on any atom is -0.469 e. The van der Waals surface area contributed by atoms with Crippen molar-refractivity contribution < 1.29 is 14.0 Å². The van der Waals surface area contributed by atoms with E-state index in [2.05, 4.69) is 5.32 Å². The summed E-state index contributed by atoms with van der Waals surface area (Å²) in [6, 6.07) is 3.83. The van der Waals surface area contributed by atoms with Gasteiger partial charge in [-0.3, -0.25) is 9.59 Å². The van der Waals surface area contributed by atoms with Gasteiger partial charge in [-0.2, -0.15) is 0 Å². The highest BCUT2D eigenvalue weighted by atomic mass is 16.3. The van der Waals surface area contributed by atoms with Crippen molar-refractivity contribution in [3.05, 3.63) is 24.2 Å². The first kappa shape index (κ1) is 14.6. The number of likely N-dealkylation sites (N-methyl/N-ethyl adjacent to an activating group) is 1. The number of amides is 2. The number of carbonyl (C=O) groups is 2. The molecule has 2 rings (SSSR count). The summed E-state index contributed by atoms with van der Waals surface area (Å²) in [7, 11) is 0. The van der Waals surface area contributed by atoms with Crippen molar-refractivity contribution in [2.45, 2.75) is 39.2 Å². The topological polar surface area (TPSA) is 62.6 Å². The van der Waals surface area contributed by atoms with Gasteiger partial charge in [-0.1, -0.05) is 0 Å². The second kappa shape index (κ2) is 6.11. The van der Waals surface area contributed by atoms with Gasteiger partial charge in [-0.25, -0.2) is 0 Å². The maximum atomic E-state index is 12.4. The fourth-order valence-corrected chi connectivity index (χ4v) is 2.41. The molecule has 2 amide bonds. The monoisotopic (exact) mass is 278 g/mol. The fourth-order valence-electron chi connectivity index (χ4n) is 2.41. The van der Waals surface area contributed by atoms with Gasteiger partial charge in [-0.05, 0) is 39.3 Å². The second-order valence-electron chi connectivity index (χ2n) is 5.54. The zero-order valence-electron chi connectivity index (χ0n) is 12.3. The van der Waals surface area contributed by atoms with Crippen molar-refractivity contribution in [3.8, 4) is 0 Å². The lowest BCUT2D eigenvalue weighted by Gasteiger charge is -2.21. The third kappa shape index (κ3) is 3.40. The Bertz CT molecular complexity index is 467. The van der Waals surface area contributed by atoms with Gasteiger partial charge in [0.15, 0.2) is 0 Å². The Hall–Kier alpha value is -1.78. The standard InChI is InChI=1S/C15H22N2O3/c1-4-17(9-14(18)16-10(2)3)15(19)12-8-11(12)13-6-5-7-20-13/h5-7,10-12H,4,8-9H2,1-3H3,(H,16,18). The van der Waals surface area contributed by atoms with Crippen LogP contribution in [0.3, 0.4) is 0 Å². The van der Waals surface area contributed by atoms with E-state index in [9.17, 15) is 9.59 Å². The van der Waals surface area contributed by atoms with Crippen LogP contribution in [0.5, 0.6) is 0 Å². The van der Waals surface area contributed by atoms with E-state index in [0.717, 1.165) is 12.2 Å². The highest BCUT2D eigenvalue weighted by Gasteiger charge is 2.47. The number of hydrogen-bond acceptors (Lipinski definition) is 3. The molecular formula is C15H22N2O3. The average Bonchev–Trinajstić information content (AvgIpc) is 3.00. The maximum Gasteiger partial charge on any atom is 0.239 e. The van der Waals surface area contributed by atoms with Crippen molar-refractivity contribution in [1.82, 2.24) is 10.2 Å². The number of nitrogens with one attached hydrogen (secondary N) is 1. The molecule has 1 heterocycles. The molecule has 1 aliphatic carbocycles. The quantitative estimate of drug-likeness (QED) is 0.862. The van der Waals surface area contributed by atoms with Gasteiger partial charge in [0.1, 0.15) is 5.76 Å². The summed E-state index contributed by atoms with van der Waals surface area (Å²) in [6.07, 6.45) is 2.44. The maximum absolute atomic E-state index is 12.4. The second-order valence-corrected chi connectivity index (χ2v) is 5.54. The van der Waals surface area contributed by atoms with Crippen molar-refractivity contribution in [3.63, 3.8) is 0 Å². The lowest BCUT2D eigenvalue weighted by Crippen LogP contribution is -2.43. The van der Waals surface area contributed by atoms with E-state index in [1.54, 1.807) is 11.2 Å². The van der Waals surface area contributed by atoms with Crippen LogP contribution in [-0.4, -0.2) is 35.8 Å². The molecule has 1 aliphatic rings. The first-order valence-corrected chi connectivity index (χ1v) is 7.14. The van der Waals surface area contributed by atoms with Gasteiger partial charge in [0.05, 0.1) is 12.8 Å². The first-order chi connectivity index (χ1) is 9.52. The summed E-state index contributed by atoms with van der Waals surface area (Å²) >= 11 is 0. The van der Waals surface area contributed by atoms with Crippen LogP contribution >= 0.6 is 0 Å². The molecule has 0 bridgehead atoms. The molecule has 0 aromatic carbocycles. The van der Waals surface area contributed by atoms with E-state index in [0.29, 0.717) is 6.54 Å². The van der Waals surface area contributed by atoms with Crippen LogP contribution in [0.2, 0.25) is 0 Å². The Morgan fingerprint density at radius 1 is 1.50 bits per heavy atom. The van der Waals surface area contributed by atoms with Crippen LogP contribution in [0.4, 0.5) is 0 Å². The van der Waals surface area contributed by atoms with Crippen LogP contribution in [-0.2, 0) is 9.59 Å². The fraction of sp³-hybridized carbons (Fsp3) is 0.600. The minimum atomic E-state index is -0.106. The molecule has 1 saturated carbocycles. The number of hydrogen-bond donors (Lipinski definition) is 1. The van der Waals surface area contributed by atoms with Crippen molar-refractivity contribution in [2.75, 3.05) is 13.1 Å². The number of nitrogens with zero attached hydrogens (tertiary/aromatic N) is 1. The summed E-state index contributed by atoms with van der Waals surface area (Å²) in [5, 5.41) is 2.81. The van der Waals surface area contributed by atoms with E-state index in [1.807, 2.05) is 32.9 Å². The van der Waals surface area contributed by atoms with E-state index < -0.39 is 0 Å². The van der Waals surface area contributed by atoms with Crippen LogP contribution in [0, 0.1) is 5.92 Å². The molecular weight excluding hydrogens is 256 g/mol. The summed E-state index contributed by atoms with van der Waals surface area (Å²) in [5.41, 5.74) is 0. The SMILES string of the molecule is CCN(CC(=O)NC(C)C)C(=O)C1CC1c1ccco1. The van der Waals surface area contributed by atoms with E-state index in [-0.39, 0.29) is 36.2 Å². The smallest absolute Gasteiger partial charge is 0.239 e. The van der Waals surface area contributed by atoms with E-state index in [4.69, 9.17) is 4.42 Å². The van der Waals surface area contributed by atoms with Crippen LogP contribution < -0.4 is 5.32 Å². The predicted octanol–water partition coefficient (Wildman–Crippen LogP) is 1.76. The molecule has 20 heavy (non-hydrogen) atoms. The first-order valence-electron chi connectivity index (χ1n) is 7.14. The highest BCUT2D eigenvalue weighted by molar-refractivity contribution is 5.88. The molecule has 1 aromatic heterocycles. The van der Waals surface area contributed by atoms with Gasteiger partial charge in [0.25, 0.3) is 0 Å². The van der Waals surface area contributed by atoms with Crippen molar-refractivity contribution in [1.29, 1.82) is 0 Å². The molecule has 1 fully saturated rings. The predicted molar refractivity (Wildman–Crippen MR) is 75.1 cm³/mol. The van der Waals surface area contributed by atoms with E-state index in [1.165, 1.54) is 0 Å². The molecule has 1 aromatic rings. The average molecular weight is 278 g/mol. The third-order valence-electron chi connectivity index (χ3n) is 3.49. The normalized spacial score (nSPS) is 20.8. The van der Waals surface area contributed by atoms with Gasteiger partial charge >= 0.3 is 0 Å². The summed E-state index contributed by atoms with van der Waals surface area (Å²) < 4.78 is 5.33. The lowest BCUT2D eigenvalue weighted by molar-refractivity contribution is -0.137. The largest absolute Gasteiger partial charge is 0.469 e. The van der Waals surface area contributed by atoms with Gasteiger partial charge in [0.2, 0.25) is 11.8 Å². The lowest BCUT2D eigenvalue weighted by atomic mass is 10.2. The van der Waals surface area contributed by atoms with Gasteiger partial charge < -0.3 is 14.6 Å². The molecule has 0 aliphatic heterocycles. The van der Waals surface area contributed by atoms with E-state index >= 15 is 0 Å². The molecule has 0 spiro atoms. The minimum absolute atomic E-state index is 0.0343.